The van der Waals surface area contributed by atoms with Crippen molar-refractivity contribution >= 4 is 0 Å². The Labute approximate surface area is 129 Å². The molecule has 124 valence electrons. The molecule has 1 saturated heterocycles. The number of alkyl halides is 3. The zero-order chi connectivity index (χ0) is 16.0. The van der Waals surface area contributed by atoms with Gasteiger partial charge in [-0.05, 0) is 49.5 Å². The van der Waals surface area contributed by atoms with Crippen LogP contribution in [0.3, 0.4) is 0 Å². The Hall–Kier alpha value is -1.27. The highest BCUT2D eigenvalue weighted by molar-refractivity contribution is 5.28. The van der Waals surface area contributed by atoms with Crippen LogP contribution in [0.5, 0.6) is 5.75 Å². The molecule has 3 nitrogen and oxygen atoms in total. The summed E-state index contributed by atoms with van der Waals surface area (Å²) in [4.78, 5) is 2.35. The van der Waals surface area contributed by atoms with E-state index in [0.717, 1.165) is 38.2 Å². The van der Waals surface area contributed by atoms with E-state index < -0.39 is 12.7 Å². The first-order valence-corrected chi connectivity index (χ1v) is 7.59. The Morgan fingerprint density at radius 3 is 2.91 bits per heavy atom. The van der Waals surface area contributed by atoms with Crippen LogP contribution in [0.2, 0.25) is 0 Å². The molecule has 1 unspecified atom stereocenters. The van der Waals surface area contributed by atoms with E-state index in [4.69, 9.17) is 4.74 Å². The lowest BCUT2D eigenvalue weighted by atomic mass is 10.1. The van der Waals surface area contributed by atoms with Crippen molar-refractivity contribution in [3.8, 4) is 5.75 Å². The van der Waals surface area contributed by atoms with Gasteiger partial charge >= 0.3 is 6.18 Å². The summed E-state index contributed by atoms with van der Waals surface area (Å²) in [6.07, 6.45) is -2.27. The summed E-state index contributed by atoms with van der Waals surface area (Å²) in [6, 6.07) is 7.99. The number of likely N-dealkylation sites (tertiary alicyclic amines) is 1. The minimum atomic E-state index is -4.12. The monoisotopic (exact) mass is 316 g/mol. The molecule has 0 saturated carbocycles. The van der Waals surface area contributed by atoms with Gasteiger partial charge in [-0.2, -0.15) is 13.2 Å². The molecule has 0 radical (unpaired) electrons. The maximum absolute atomic E-state index is 12.0. The Balaban J connectivity index is 1.69. The maximum Gasteiger partial charge on any atom is 0.401 e. The summed E-state index contributed by atoms with van der Waals surface area (Å²) in [6.45, 7) is 2.35. The second-order valence-corrected chi connectivity index (χ2v) is 5.82. The fraction of sp³-hybridized carbons (Fsp3) is 0.625. The van der Waals surface area contributed by atoms with Crippen molar-refractivity contribution in [2.24, 2.45) is 5.92 Å². The van der Waals surface area contributed by atoms with Gasteiger partial charge in [0.15, 0.2) is 0 Å². The summed E-state index contributed by atoms with van der Waals surface area (Å²) in [5, 5.41) is 2.47. The quantitative estimate of drug-likeness (QED) is 0.783. The lowest BCUT2D eigenvalue weighted by Gasteiger charge is -2.17. The molecule has 1 fully saturated rings. The van der Waals surface area contributed by atoms with Gasteiger partial charge in [-0.3, -0.25) is 4.90 Å². The fourth-order valence-corrected chi connectivity index (χ4v) is 2.86. The van der Waals surface area contributed by atoms with Crippen LogP contribution in [0.15, 0.2) is 24.3 Å². The van der Waals surface area contributed by atoms with Crippen LogP contribution < -0.4 is 10.1 Å². The van der Waals surface area contributed by atoms with E-state index in [1.165, 1.54) is 5.56 Å². The Morgan fingerprint density at radius 1 is 1.36 bits per heavy atom. The number of nitrogens with zero attached hydrogens (tertiary/aromatic N) is 1. The van der Waals surface area contributed by atoms with Gasteiger partial charge in [0.1, 0.15) is 5.75 Å². The first kappa shape index (κ1) is 17.1. The minimum Gasteiger partial charge on any atom is -0.497 e. The van der Waals surface area contributed by atoms with Gasteiger partial charge in [0.05, 0.1) is 13.7 Å². The number of ether oxygens (including phenoxy) is 1. The second kappa shape index (κ2) is 7.83. The molecule has 0 bridgehead atoms. The summed E-state index contributed by atoms with van der Waals surface area (Å²) in [5.74, 6) is 1.33. The van der Waals surface area contributed by atoms with Gasteiger partial charge in [-0.25, -0.2) is 0 Å². The maximum atomic E-state index is 12.0. The zero-order valence-electron chi connectivity index (χ0n) is 12.8. The lowest BCUT2D eigenvalue weighted by Crippen LogP contribution is -2.30. The van der Waals surface area contributed by atoms with E-state index in [2.05, 4.69) is 16.3 Å². The van der Waals surface area contributed by atoms with Crippen molar-refractivity contribution in [1.82, 2.24) is 10.2 Å². The first-order chi connectivity index (χ1) is 10.5. The summed E-state index contributed by atoms with van der Waals surface area (Å²) >= 11 is 0. The largest absolute Gasteiger partial charge is 0.497 e. The molecule has 1 atom stereocenters. The van der Waals surface area contributed by atoms with Crippen LogP contribution in [0, 0.1) is 5.92 Å². The van der Waals surface area contributed by atoms with E-state index in [1.54, 1.807) is 7.11 Å². The number of methoxy groups -OCH3 is 1. The standard InChI is InChI=1S/C16H23F3N2O/c1-22-15-4-2-3-14(9-15)11-21-8-6-13(10-21)5-7-20-12-16(17,18)19/h2-4,9,13,20H,5-8,10-12H2,1H3. The molecule has 0 aliphatic carbocycles. The molecule has 0 aromatic heterocycles. The molecule has 1 aromatic rings. The predicted octanol–water partition coefficient (Wildman–Crippen LogP) is 3.06. The van der Waals surface area contributed by atoms with Crippen molar-refractivity contribution < 1.29 is 17.9 Å². The highest BCUT2D eigenvalue weighted by atomic mass is 19.4. The molecule has 22 heavy (non-hydrogen) atoms. The Morgan fingerprint density at radius 2 is 2.18 bits per heavy atom. The van der Waals surface area contributed by atoms with Gasteiger partial charge in [0.2, 0.25) is 0 Å². The number of rotatable bonds is 7. The second-order valence-electron chi connectivity index (χ2n) is 5.82. The van der Waals surface area contributed by atoms with Crippen molar-refractivity contribution in [2.75, 3.05) is 33.3 Å². The van der Waals surface area contributed by atoms with Crippen molar-refractivity contribution in [3.05, 3.63) is 29.8 Å². The van der Waals surface area contributed by atoms with E-state index in [0.29, 0.717) is 12.5 Å². The molecular weight excluding hydrogens is 293 g/mol. The van der Waals surface area contributed by atoms with Gasteiger partial charge in [-0.15, -0.1) is 0 Å². The van der Waals surface area contributed by atoms with E-state index >= 15 is 0 Å². The summed E-state index contributed by atoms with van der Waals surface area (Å²) < 4.78 is 41.3. The highest BCUT2D eigenvalue weighted by Crippen LogP contribution is 2.22. The smallest absolute Gasteiger partial charge is 0.401 e. The third-order valence-corrected chi connectivity index (χ3v) is 3.97. The predicted molar refractivity (Wildman–Crippen MR) is 79.9 cm³/mol. The number of hydrogen-bond acceptors (Lipinski definition) is 3. The average Bonchev–Trinajstić information content (AvgIpc) is 2.90. The molecule has 1 aromatic carbocycles. The third-order valence-electron chi connectivity index (χ3n) is 3.97. The van der Waals surface area contributed by atoms with E-state index in [9.17, 15) is 13.2 Å². The Bertz CT molecular complexity index is 465. The first-order valence-electron chi connectivity index (χ1n) is 7.59. The summed E-state index contributed by atoms with van der Waals surface area (Å²) in [7, 11) is 1.65. The average molecular weight is 316 g/mol. The molecular formula is C16H23F3N2O. The van der Waals surface area contributed by atoms with E-state index in [1.807, 2.05) is 18.2 Å². The van der Waals surface area contributed by atoms with Crippen LogP contribution >= 0.6 is 0 Å². The molecule has 6 heteroatoms. The number of nitrogens with one attached hydrogen (secondary N) is 1. The summed E-state index contributed by atoms with van der Waals surface area (Å²) in [5.41, 5.74) is 1.20. The van der Waals surface area contributed by atoms with E-state index in [-0.39, 0.29) is 0 Å². The van der Waals surface area contributed by atoms with Crippen LogP contribution in [-0.2, 0) is 6.54 Å². The van der Waals surface area contributed by atoms with Gasteiger partial charge in [-0.1, -0.05) is 12.1 Å². The number of hydrogen-bond donors (Lipinski definition) is 1. The topological polar surface area (TPSA) is 24.5 Å². The zero-order valence-corrected chi connectivity index (χ0v) is 12.8. The normalized spacial score (nSPS) is 19.5. The molecule has 1 heterocycles. The van der Waals surface area contributed by atoms with Crippen molar-refractivity contribution in [3.63, 3.8) is 0 Å². The number of halogens is 3. The van der Waals surface area contributed by atoms with Crippen LogP contribution in [-0.4, -0.2) is 44.4 Å². The third kappa shape index (κ3) is 5.85. The fourth-order valence-electron chi connectivity index (χ4n) is 2.86. The van der Waals surface area contributed by atoms with Crippen LogP contribution in [0.25, 0.3) is 0 Å². The molecule has 0 amide bonds. The van der Waals surface area contributed by atoms with Crippen molar-refractivity contribution in [2.45, 2.75) is 25.6 Å². The lowest BCUT2D eigenvalue weighted by molar-refractivity contribution is -0.124. The van der Waals surface area contributed by atoms with Crippen LogP contribution in [0.4, 0.5) is 13.2 Å². The van der Waals surface area contributed by atoms with Crippen LogP contribution in [0.1, 0.15) is 18.4 Å². The molecule has 1 aliphatic rings. The van der Waals surface area contributed by atoms with Crippen molar-refractivity contribution in [1.29, 1.82) is 0 Å². The molecule has 1 N–H and O–H groups in total. The highest BCUT2D eigenvalue weighted by Gasteiger charge is 2.27. The Kier molecular flexibility index (Phi) is 6.08. The SMILES string of the molecule is COc1cccc(CN2CCC(CCNCC(F)(F)F)C2)c1. The van der Waals surface area contributed by atoms with Gasteiger partial charge in [0, 0.05) is 13.1 Å². The van der Waals surface area contributed by atoms with Gasteiger partial charge < -0.3 is 10.1 Å². The minimum absolute atomic E-state index is 0.428. The molecule has 0 spiro atoms. The molecule has 2 rings (SSSR count). The molecule has 1 aliphatic heterocycles. The number of benzene rings is 1. The van der Waals surface area contributed by atoms with Gasteiger partial charge in [0.25, 0.3) is 0 Å².